The van der Waals surface area contributed by atoms with E-state index in [9.17, 15) is 9.59 Å². The van der Waals surface area contributed by atoms with Crippen LogP contribution in [0.4, 0.5) is 5.00 Å². The molecule has 142 valence electrons. The van der Waals surface area contributed by atoms with E-state index in [-0.39, 0.29) is 18.0 Å². The van der Waals surface area contributed by atoms with Crippen LogP contribution in [-0.2, 0) is 22.4 Å². The number of benzene rings is 1. The predicted molar refractivity (Wildman–Crippen MR) is 110 cm³/mol. The molecule has 3 rings (SSSR count). The van der Waals surface area contributed by atoms with Gasteiger partial charge in [0.1, 0.15) is 5.00 Å². The molecule has 0 atom stereocenters. The Kier molecular flexibility index (Phi) is 6.45. The molecule has 1 aromatic heterocycles. The SMILES string of the molecule is CC(C)OC(=O)c1c(NC(=O)/C=C/c2ccccc2)sc2c1CCCCC2. The lowest BCUT2D eigenvalue weighted by atomic mass is 10.1. The molecule has 1 aromatic carbocycles. The highest BCUT2D eigenvalue weighted by Crippen LogP contribution is 2.38. The largest absolute Gasteiger partial charge is 0.459 e. The van der Waals surface area contributed by atoms with Crippen LogP contribution in [0.3, 0.4) is 0 Å². The quantitative estimate of drug-likeness (QED) is 0.437. The summed E-state index contributed by atoms with van der Waals surface area (Å²) in [4.78, 5) is 26.3. The van der Waals surface area contributed by atoms with Gasteiger partial charge in [0.15, 0.2) is 0 Å². The van der Waals surface area contributed by atoms with Gasteiger partial charge in [0, 0.05) is 11.0 Å². The molecular weight excluding hydrogens is 358 g/mol. The number of aryl methyl sites for hydroxylation is 1. The molecule has 0 unspecified atom stereocenters. The topological polar surface area (TPSA) is 55.4 Å². The van der Waals surface area contributed by atoms with E-state index < -0.39 is 0 Å². The lowest BCUT2D eigenvalue weighted by Crippen LogP contribution is -2.16. The Labute approximate surface area is 164 Å². The van der Waals surface area contributed by atoms with Crippen molar-refractivity contribution in [2.45, 2.75) is 52.1 Å². The summed E-state index contributed by atoms with van der Waals surface area (Å²) in [5, 5.41) is 3.51. The van der Waals surface area contributed by atoms with Gasteiger partial charge >= 0.3 is 5.97 Å². The maximum Gasteiger partial charge on any atom is 0.341 e. The zero-order valence-electron chi connectivity index (χ0n) is 15.8. The van der Waals surface area contributed by atoms with Gasteiger partial charge in [0.25, 0.3) is 0 Å². The minimum absolute atomic E-state index is 0.194. The van der Waals surface area contributed by atoms with Crippen molar-refractivity contribution < 1.29 is 14.3 Å². The number of nitrogens with one attached hydrogen (secondary N) is 1. The number of rotatable bonds is 5. The van der Waals surface area contributed by atoms with E-state index in [4.69, 9.17) is 4.74 Å². The zero-order valence-corrected chi connectivity index (χ0v) is 16.6. The Balaban J connectivity index is 1.84. The molecule has 0 saturated heterocycles. The summed E-state index contributed by atoms with van der Waals surface area (Å²) in [6.07, 6.45) is 8.24. The molecule has 0 radical (unpaired) electrons. The van der Waals surface area contributed by atoms with Gasteiger partial charge in [-0.05, 0) is 56.7 Å². The lowest BCUT2D eigenvalue weighted by Gasteiger charge is -2.11. The molecule has 1 aliphatic rings. The molecule has 27 heavy (non-hydrogen) atoms. The van der Waals surface area contributed by atoms with Crippen molar-refractivity contribution >= 4 is 34.3 Å². The molecule has 1 heterocycles. The number of fused-ring (bicyclic) bond motifs is 1. The second kappa shape index (κ2) is 9.00. The molecule has 0 aliphatic heterocycles. The van der Waals surface area contributed by atoms with Gasteiger partial charge in [-0.25, -0.2) is 4.79 Å². The average molecular weight is 384 g/mol. The summed E-state index contributed by atoms with van der Waals surface area (Å²) in [5.74, 6) is -0.583. The first kappa shape index (κ1) is 19.4. The van der Waals surface area contributed by atoms with E-state index in [1.54, 1.807) is 6.08 Å². The number of carbonyl (C=O) groups excluding carboxylic acids is 2. The third-order valence-electron chi connectivity index (χ3n) is 4.43. The number of anilines is 1. The van der Waals surface area contributed by atoms with E-state index in [1.165, 1.54) is 28.7 Å². The summed E-state index contributed by atoms with van der Waals surface area (Å²) in [7, 11) is 0. The lowest BCUT2D eigenvalue weighted by molar-refractivity contribution is -0.111. The predicted octanol–water partition coefficient (Wildman–Crippen LogP) is 5.23. The van der Waals surface area contributed by atoms with Gasteiger partial charge in [-0.2, -0.15) is 0 Å². The maximum atomic E-state index is 12.7. The second-order valence-corrected chi connectivity index (χ2v) is 8.06. The van der Waals surface area contributed by atoms with E-state index in [0.29, 0.717) is 10.6 Å². The molecule has 4 nitrogen and oxygen atoms in total. The summed E-state index contributed by atoms with van der Waals surface area (Å²) in [5.41, 5.74) is 2.56. The van der Waals surface area contributed by atoms with E-state index in [2.05, 4.69) is 5.32 Å². The maximum absolute atomic E-state index is 12.7. The first-order valence-corrected chi connectivity index (χ1v) is 10.3. The van der Waals surface area contributed by atoms with Crippen LogP contribution in [-0.4, -0.2) is 18.0 Å². The highest BCUT2D eigenvalue weighted by Gasteiger charge is 2.26. The standard InChI is InChI=1S/C22H25NO3S/c1-15(2)26-22(25)20-17-11-7-4-8-12-18(17)27-21(20)23-19(24)14-13-16-9-5-3-6-10-16/h3,5-6,9-10,13-15H,4,7-8,11-12H2,1-2H3,(H,23,24)/b14-13+. The van der Waals surface area contributed by atoms with Crippen LogP contribution in [0.1, 0.15) is 59.5 Å². The highest BCUT2D eigenvalue weighted by atomic mass is 32.1. The van der Waals surface area contributed by atoms with Gasteiger partial charge in [-0.1, -0.05) is 36.8 Å². The third-order valence-corrected chi connectivity index (χ3v) is 5.64. The molecule has 0 spiro atoms. The zero-order chi connectivity index (χ0) is 19.2. The van der Waals surface area contributed by atoms with Crippen LogP contribution in [0.15, 0.2) is 36.4 Å². The van der Waals surface area contributed by atoms with E-state index in [1.807, 2.05) is 44.2 Å². The minimum Gasteiger partial charge on any atom is -0.459 e. The number of ether oxygens (including phenoxy) is 1. The molecule has 2 aromatic rings. The second-order valence-electron chi connectivity index (χ2n) is 6.96. The first-order valence-electron chi connectivity index (χ1n) is 9.44. The van der Waals surface area contributed by atoms with Crippen LogP contribution in [0.5, 0.6) is 0 Å². The molecule has 1 amide bonds. The van der Waals surface area contributed by atoms with Crippen molar-refractivity contribution in [1.82, 2.24) is 0 Å². The Morgan fingerprint density at radius 1 is 1.11 bits per heavy atom. The Bertz CT molecular complexity index is 837. The summed E-state index contributed by atoms with van der Waals surface area (Å²) >= 11 is 1.51. The van der Waals surface area contributed by atoms with Crippen LogP contribution in [0.2, 0.25) is 0 Å². The van der Waals surface area contributed by atoms with Crippen molar-refractivity contribution in [3.8, 4) is 0 Å². The monoisotopic (exact) mass is 383 g/mol. The van der Waals surface area contributed by atoms with Crippen molar-refractivity contribution in [1.29, 1.82) is 0 Å². The van der Waals surface area contributed by atoms with Crippen molar-refractivity contribution in [3.63, 3.8) is 0 Å². The Morgan fingerprint density at radius 3 is 2.59 bits per heavy atom. The Hall–Kier alpha value is -2.40. The minimum atomic E-state index is -0.341. The fraction of sp³-hybridized carbons (Fsp3) is 0.364. The highest BCUT2D eigenvalue weighted by molar-refractivity contribution is 7.17. The Morgan fingerprint density at radius 2 is 1.85 bits per heavy atom. The summed E-state index contributed by atoms with van der Waals surface area (Å²) < 4.78 is 5.45. The fourth-order valence-electron chi connectivity index (χ4n) is 3.21. The molecule has 1 N–H and O–H groups in total. The number of amides is 1. The smallest absolute Gasteiger partial charge is 0.341 e. The molecule has 1 aliphatic carbocycles. The average Bonchev–Trinajstić information content (AvgIpc) is 2.81. The van der Waals surface area contributed by atoms with Crippen LogP contribution in [0, 0.1) is 0 Å². The van der Waals surface area contributed by atoms with Crippen LogP contribution >= 0.6 is 11.3 Å². The molecule has 0 saturated carbocycles. The number of hydrogen-bond donors (Lipinski definition) is 1. The van der Waals surface area contributed by atoms with E-state index in [0.717, 1.165) is 36.8 Å². The van der Waals surface area contributed by atoms with Gasteiger partial charge < -0.3 is 10.1 Å². The fourth-order valence-corrected chi connectivity index (χ4v) is 4.49. The summed E-state index contributed by atoms with van der Waals surface area (Å²) in [6, 6.07) is 9.65. The van der Waals surface area contributed by atoms with Crippen LogP contribution in [0.25, 0.3) is 6.08 Å². The number of thiophene rings is 1. The van der Waals surface area contributed by atoms with Crippen molar-refractivity contribution in [3.05, 3.63) is 58.0 Å². The molecule has 0 fully saturated rings. The normalized spacial score (nSPS) is 14.0. The van der Waals surface area contributed by atoms with Crippen molar-refractivity contribution in [2.75, 3.05) is 5.32 Å². The van der Waals surface area contributed by atoms with Crippen LogP contribution < -0.4 is 5.32 Å². The number of hydrogen-bond acceptors (Lipinski definition) is 4. The van der Waals surface area contributed by atoms with Gasteiger partial charge in [-0.3, -0.25) is 4.79 Å². The first-order chi connectivity index (χ1) is 13.0. The van der Waals surface area contributed by atoms with Gasteiger partial charge in [0.05, 0.1) is 11.7 Å². The molecular formula is C22H25NO3S. The number of carbonyl (C=O) groups is 2. The third kappa shape index (κ3) is 5.07. The summed E-state index contributed by atoms with van der Waals surface area (Å²) in [6.45, 7) is 3.67. The molecule has 0 bridgehead atoms. The van der Waals surface area contributed by atoms with Gasteiger partial charge in [-0.15, -0.1) is 11.3 Å². The van der Waals surface area contributed by atoms with E-state index >= 15 is 0 Å². The number of esters is 1. The molecule has 5 heteroatoms. The van der Waals surface area contributed by atoms with Gasteiger partial charge in [0.2, 0.25) is 5.91 Å². The van der Waals surface area contributed by atoms with Crippen molar-refractivity contribution in [2.24, 2.45) is 0 Å².